The van der Waals surface area contributed by atoms with E-state index in [2.05, 4.69) is 10.3 Å². The SMILES string of the molecule is CC[C@H](C)[C@H](NC(=O)c1cn(C)cn1)C(=O)OC(C)(C)C. The molecule has 0 aliphatic carbocycles. The Morgan fingerprint density at radius 3 is 2.48 bits per heavy atom. The monoisotopic (exact) mass is 295 g/mol. The van der Waals surface area contributed by atoms with Crippen LogP contribution in [-0.2, 0) is 16.6 Å². The summed E-state index contributed by atoms with van der Waals surface area (Å²) in [7, 11) is 1.78. The Morgan fingerprint density at radius 1 is 1.43 bits per heavy atom. The van der Waals surface area contributed by atoms with Gasteiger partial charge in [-0.3, -0.25) is 4.79 Å². The van der Waals surface area contributed by atoms with Crippen molar-refractivity contribution < 1.29 is 14.3 Å². The van der Waals surface area contributed by atoms with Crippen LogP contribution >= 0.6 is 0 Å². The topological polar surface area (TPSA) is 73.2 Å². The van der Waals surface area contributed by atoms with E-state index in [0.29, 0.717) is 0 Å². The number of rotatable bonds is 5. The maximum atomic E-state index is 12.3. The number of esters is 1. The lowest BCUT2D eigenvalue weighted by Gasteiger charge is -2.27. The molecule has 118 valence electrons. The first-order valence-electron chi connectivity index (χ1n) is 7.15. The molecule has 1 aromatic heterocycles. The number of ether oxygens (including phenoxy) is 1. The van der Waals surface area contributed by atoms with Crippen LogP contribution < -0.4 is 5.32 Å². The van der Waals surface area contributed by atoms with Gasteiger partial charge in [-0.25, -0.2) is 9.78 Å². The second kappa shape index (κ2) is 6.74. The van der Waals surface area contributed by atoms with Gasteiger partial charge in [0.1, 0.15) is 17.3 Å². The van der Waals surface area contributed by atoms with Gasteiger partial charge in [-0.2, -0.15) is 0 Å². The van der Waals surface area contributed by atoms with Gasteiger partial charge in [0, 0.05) is 13.2 Å². The molecule has 1 N–H and O–H groups in total. The highest BCUT2D eigenvalue weighted by Gasteiger charge is 2.31. The third kappa shape index (κ3) is 5.21. The average molecular weight is 295 g/mol. The summed E-state index contributed by atoms with van der Waals surface area (Å²) in [6, 6.07) is -0.677. The van der Waals surface area contributed by atoms with E-state index in [9.17, 15) is 9.59 Å². The van der Waals surface area contributed by atoms with Crippen molar-refractivity contribution >= 4 is 11.9 Å². The molecule has 1 rings (SSSR count). The molecule has 21 heavy (non-hydrogen) atoms. The summed E-state index contributed by atoms with van der Waals surface area (Å²) in [6.07, 6.45) is 3.91. The molecule has 1 heterocycles. The number of aromatic nitrogens is 2. The number of aryl methyl sites for hydroxylation is 1. The maximum absolute atomic E-state index is 12.3. The predicted molar refractivity (Wildman–Crippen MR) is 79.8 cm³/mol. The maximum Gasteiger partial charge on any atom is 0.329 e. The van der Waals surface area contributed by atoms with Crippen LogP contribution in [0.4, 0.5) is 0 Å². The normalized spacial score (nSPS) is 14.4. The first-order chi connectivity index (χ1) is 9.64. The molecule has 0 saturated carbocycles. The minimum Gasteiger partial charge on any atom is -0.458 e. The second-order valence-corrected chi connectivity index (χ2v) is 6.29. The van der Waals surface area contributed by atoms with Gasteiger partial charge in [0.2, 0.25) is 0 Å². The van der Waals surface area contributed by atoms with Crippen molar-refractivity contribution in [3.05, 3.63) is 18.2 Å². The van der Waals surface area contributed by atoms with Crippen molar-refractivity contribution in [1.29, 1.82) is 0 Å². The molecule has 2 atom stereocenters. The van der Waals surface area contributed by atoms with Crippen LogP contribution in [0.1, 0.15) is 51.5 Å². The van der Waals surface area contributed by atoms with E-state index >= 15 is 0 Å². The third-order valence-corrected chi connectivity index (χ3v) is 3.10. The van der Waals surface area contributed by atoms with Crippen LogP contribution in [0.3, 0.4) is 0 Å². The summed E-state index contributed by atoms with van der Waals surface area (Å²) in [6.45, 7) is 9.29. The van der Waals surface area contributed by atoms with E-state index < -0.39 is 17.6 Å². The largest absolute Gasteiger partial charge is 0.458 e. The standard InChI is InChI=1S/C15H25N3O3/c1-7-10(2)12(14(20)21-15(3,4)5)17-13(19)11-8-18(6)9-16-11/h8-10,12H,7H2,1-6H3,(H,17,19)/t10-,12-/m0/s1. The molecule has 6 nitrogen and oxygen atoms in total. The molecule has 0 aliphatic rings. The highest BCUT2D eigenvalue weighted by atomic mass is 16.6. The van der Waals surface area contributed by atoms with Crippen LogP contribution in [0, 0.1) is 5.92 Å². The summed E-state index contributed by atoms with van der Waals surface area (Å²) in [5, 5.41) is 2.73. The van der Waals surface area contributed by atoms with Crippen LogP contribution in [0.15, 0.2) is 12.5 Å². The lowest BCUT2D eigenvalue weighted by Crippen LogP contribution is -2.47. The van der Waals surface area contributed by atoms with Crippen LogP contribution in [-0.4, -0.2) is 33.1 Å². The van der Waals surface area contributed by atoms with Gasteiger partial charge < -0.3 is 14.6 Å². The Hall–Kier alpha value is -1.85. The lowest BCUT2D eigenvalue weighted by atomic mass is 9.98. The molecule has 0 fully saturated rings. The Kier molecular flexibility index (Phi) is 5.52. The zero-order valence-corrected chi connectivity index (χ0v) is 13.6. The van der Waals surface area contributed by atoms with Gasteiger partial charge in [-0.05, 0) is 26.7 Å². The van der Waals surface area contributed by atoms with Gasteiger partial charge in [0.05, 0.1) is 6.33 Å². The van der Waals surface area contributed by atoms with E-state index in [4.69, 9.17) is 4.74 Å². The van der Waals surface area contributed by atoms with E-state index in [1.165, 1.54) is 0 Å². The lowest BCUT2D eigenvalue weighted by molar-refractivity contribution is -0.158. The van der Waals surface area contributed by atoms with Gasteiger partial charge >= 0.3 is 5.97 Å². The van der Waals surface area contributed by atoms with Gasteiger partial charge in [-0.15, -0.1) is 0 Å². The van der Waals surface area contributed by atoms with E-state index in [-0.39, 0.29) is 17.5 Å². The third-order valence-electron chi connectivity index (χ3n) is 3.10. The summed E-state index contributed by atoms with van der Waals surface area (Å²) in [4.78, 5) is 28.4. The number of carbonyl (C=O) groups is 2. The molecule has 0 saturated heterocycles. The molecule has 0 radical (unpaired) electrons. The Balaban J connectivity index is 2.83. The molecule has 1 amide bonds. The minimum atomic E-state index is -0.677. The van der Waals surface area contributed by atoms with Crippen molar-refractivity contribution in [2.24, 2.45) is 13.0 Å². The number of hydrogen-bond donors (Lipinski definition) is 1. The summed E-state index contributed by atoms with van der Waals surface area (Å²) < 4.78 is 7.07. The zero-order chi connectivity index (χ0) is 16.2. The molecule has 0 spiro atoms. The smallest absolute Gasteiger partial charge is 0.329 e. The van der Waals surface area contributed by atoms with Crippen molar-refractivity contribution in [3.63, 3.8) is 0 Å². The summed E-state index contributed by atoms with van der Waals surface area (Å²) in [5.74, 6) is -0.805. The van der Waals surface area contributed by atoms with E-state index in [1.54, 1.807) is 44.9 Å². The minimum absolute atomic E-state index is 0.0208. The van der Waals surface area contributed by atoms with E-state index in [0.717, 1.165) is 6.42 Å². The van der Waals surface area contributed by atoms with Crippen molar-refractivity contribution in [1.82, 2.24) is 14.9 Å². The van der Waals surface area contributed by atoms with Gasteiger partial charge in [0.25, 0.3) is 5.91 Å². The number of carbonyl (C=O) groups excluding carboxylic acids is 2. The first-order valence-corrected chi connectivity index (χ1v) is 7.15. The van der Waals surface area contributed by atoms with Crippen LogP contribution in [0.25, 0.3) is 0 Å². The fourth-order valence-corrected chi connectivity index (χ4v) is 1.78. The van der Waals surface area contributed by atoms with Crippen LogP contribution in [0.2, 0.25) is 0 Å². The number of hydrogen-bond acceptors (Lipinski definition) is 4. The Bertz CT molecular complexity index is 503. The molecule has 0 aliphatic heterocycles. The van der Waals surface area contributed by atoms with Gasteiger partial charge in [-0.1, -0.05) is 20.3 Å². The van der Waals surface area contributed by atoms with Crippen LogP contribution in [0.5, 0.6) is 0 Å². The Morgan fingerprint density at radius 2 is 2.05 bits per heavy atom. The fraction of sp³-hybridized carbons (Fsp3) is 0.667. The molecular weight excluding hydrogens is 270 g/mol. The number of nitrogens with one attached hydrogen (secondary N) is 1. The molecule has 6 heteroatoms. The Labute approximate surface area is 125 Å². The molecule has 0 unspecified atom stereocenters. The molecular formula is C15H25N3O3. The van der Waals surface area contributed by atoms with Crippen molar-refractivity contribution in [2.75, 3.05) is 0 Å². The molecule has 0 bridgehead atoms. The fourth-order valence-electron chi connectivity index (χ4n) is 1.78. The van der Waals surface area contributed by atoms with Gasteiger partial charge in [0.15, 0.2) is 0 Å². The molecule has 0 aromatic carbocycles. The highest BCUT2D eigenvalue weighted by Crippen LogP contribution is 2.15. The van der Waals surface area contributed by atoms with Crippen molar-refractivity contribution in [2.45, 2.75) is 52.7 Å². The second-order valence-electron chi connectivity index (χ2n) is 6.29. The number of amides is 1. The number of nitrogens with zero attached hydrogens (tertiary/aromatic N) is 2. The highest BCUT2D eigenvalue weighted by molar-refractivity contribution is 5.95. The molecule has 1 aromatic rings. The zero-order valence-electron chi connectivity index (χ0n) is 13.6. The van der Waals surface area contributed by atoms with E-state index in [1.807, 2.05) is 13.8 Å². The first kappa shape index (κ1) is 17.2. The predicted octanol–water partition coefficient (Wildman–Crippen LogP) is 1.91. The summed E-state index contributed by atoms with van der Waals surface area (Å²) >= 11 is 0. The van der Waals surface area contributed by atoms with Crippen molar-refractivity contribution in [3.8, 4) is 0 Å². The summed E-state index contributed by atoms with van der Waals surface area (Å²) in [5.41, 5.74) is -0.298. The number of imidazole rings is 1. The average Bonchev–Trinajstić information content (AvgIpc) is 2.79. The quantitative estimate of drug-likeness (QED) is 0.842.